The lowest BCUT2D eigenvalue weighted by Crippen LogP contribution is -2.32. The maximum absolute atomic E-state index is 12.2. The zero-order valence-corrected chi connectivity index (χ0v) is 11.8. The van der Waals surface area contributed by atoms with E-state index in [-0.39, 0.29) is 12.0 Å². The lowest BCUT2D eigenvalue weighted by atomic mass is 10.0. The molecule has 1 saturated heterocycles. The molecule has 1 amide bonds. The van der Waals surface area contributed by atoms with Gasteiger partial charge in [-0.05, 0) is 44.4 Å². The van der Waals surface area contributed by atoms with Crippen molar-refractivity contribution >= 4 is 11.6 Å². The highest BCUT2D eigenvalue weighted by atomic mass is 16.5. The molecule has 2 unspecified atom stereocenters. The molecule has 2 atom stereocenters. The van der Waals surface area contributed by atoms with Gasteiger partial charge in [-0.15, -0.1) is 0 Å². The second-order valence-electron chi connectivity index (χ2n) is 5.36. The van der Waals surface area contributed by atoms with Crippen molar-refractivity contribution < 1.29 is 9.53 Å². The molecule has 1 aliphatic rings. The summed E-state index contributed by atoms with van der Waals surface area (Å²) in [4.78, 5) is 12.2. The molecule has 0 bridgehead atoms. The molecule has 104 valence electrons. The third kappa shape index (κ3) is 3.07. The molecule has 4 heteroatoms. The summed E-state index contributed by atoms with van der Waals surface area (Å²) in [5.41, 5.74) is 9.15. The number of nitrogens with one attached hydrogen (secondary N) is 1. The lowest BCUT2D eigenvalue weighted by molar-refractivity contribution is 0.0907. The topological polar surface area (TPSA) is 64.3 Å². The second kappa shape index (κ2) is 5.61. The highest BCUT2D eigenvalue weighted by Gasteiger charge is 2.24. The predicted octanol–water partition coefficient (Wildman–Crippen LogP) is 2.04. The Morgan fingerprint density at radius 2 is 2.16 bits per heavy atom. The van der Waals surface area contributed by atoms with Gasteiger partial charge in [0.2, 0.25) is 0 Å². The van der Waals surface area contributed by atoms with Crippen LogP contribution >= 0.6 is 0 Å². The molecule has 0 radical (unpaired) electrons. The average molecular weight is 262 g/mol. The molecule has 1 aromatic rings. The van der Waals surface area contributed by atoms with Crippen LogP contribution in [-0.4, -0.2) is 25.2 Å². The standard InChI is InChI=1S/C15H22N2O2/c1-9-6-10(2)14(16)7-13(9)15(18)17-8-12-4-5-19-11(12)3/h6-7,11-12H,4-5,8,16H2,1-3H3,(H,17,18). The third-order valence-corrected chi connectivity index (χ3v) is 3.92. The summed E-state index contributed by atoms with van der Waals surface area (Å²) in [5.74, 6) is 0.357. The highest BCUT2D eigenvalue weighted by molar-refractivity contribution is 5.96. The van der Waals surface area contributed by atoms with Gasteiger partial charge in [-0.3, -0.25) is 4.79 Å². The number of hydrogen-bond acceptors (Lipinski definition) is 3. The van der Waals surface area contributed by atoms with Gasteiger partial charge in [0.05, 0.1) is 6.10 Å². The van der Waals surface area contributed by atoms with Crippen LogP contribution in [0.1, 0.15) is 34.8 Å². The maximum Gasteiger partial charge on any atom is 0.251 e. The Hall–Kier alpha value is -1.55. The number of hydrogen-bond donors (Lipinski definition) is 2. The van der Waals surface area contributed by atoms with Crippen molar-refractivity contribution in [2.24, 2.45) is 5.92 Å². The van der Waals surface area contributed by atoms with Crippen LogP contribution in [0.3, 0.4) is 0 Å². The number of ether oxygens (including phenoxy) is 1. The SMILES string of the molecule is Cc1cc(C)c(C(=O)NCC2CCOC2C)cc1N. The van der Waals surface area contributed by atoms with Gasteiger partial charge < -0.3 is 15.8 Å². The van der Waals surface area contributed by atoms with Crippen molar-refractivity contribution in [2.45, 2.75) is 33.3 Å². The Bertz CT molecular complexity index is 485. The first-order valence-corrected chi connectivity index (χ1v) is 6.75. The molecule has 19 heavy (non-hydrogen) atoms. The molecule has 1 heterocycles. The average Bonchev–Trinajstić information content (AvgIpc) is 2.76. The van der Waals surface area contributed by atoms with Gasteiger partial charge in [0.15, 0.2) is 0 Å². The van der Waals surface area contributed by atoms with Crippen molar-refractivity contribution in [3.8, 4) is 0 Å². The Morgan fingerprint density at radius 3 is 2.79 bits per heavy atom. The van der Waals surface area contributed by atoms with Gasteiger partial charge in [0, 0.05) is 30.3 Å². The summed E-state index contributed by atoms with van der Waals surface area (Å²) in [6.07, 6.45) is 1.24. The van der Waals surface area contributed by atoms with Crippen LogP contribution in [0.2, 0.25) is 0 Å². The second-order valence-corrected chi connectivity index (χ2v) is 5.36. The van der Waals surface area contributed by atoms with Crippen LogP contribution in [0.25, 0.3) is 0 Å². The van der Waals surface area contributed by atoms with E-state index in [1.54, 1.807) is 6.07 Å². The van der Waals surface area contributed by atoms with Crippen LogP contribution < -0.4 is 11.1 Å². The molecule has 0 aliphatic carbocycles. The van der Waals surface area contributed by atoms with E-state index in [4.69, 9.17) is 10.5 Å². The summed E-state index contributed by atoms with van der Waals surface area (Å²) in [6, 6.07) is 3.71. The zero-order valence-electron chi connectivity index (χ0n) is 11.8. The number of anilines is 1. The fourth-order valence-electron chi connectivity index (χ4n) is 2.48. The van der Waals surface area contributed by atoms with E-state index in [0.717, 1.165) is 24.2 Å². The van der Waals surface area contributed by atoms with Crippen molar-refractivity contribution in [3.05, 3.63) is 28.8 Å². The first-order chi connectivity index (χ1) is 8.99. The number of rotatable bonds is 3. The van der Waals surface area contributed by atoms with Crippen LogP contribution in [0.4, 0.5) is 5.69 Å². The van der Waals surface area contributed by atoms with Crippen molar-refractivity contribution in [3.63, 3.8) is 0 Å². The predicted molar refractivity (Wildman–Crippen MR) is 76.2 cm³/mol. The molecule has 3 N–H and O–H groups in total. The van der Waals surface area contributed by atoms with E-state index in [1.807, 2.05) is 19.9 Å². The number of aryl methyl sites for hydroxylation is 2. The van der Waals surface area contributed by atoms with Gasteiger partial charge in [-0.1, -0.05) is 6.07 Å². The summed E-state index contributed by atoms with van der Waals surface area (Å²) < 4.78 is 5.49. The Morgan fingerprint density at radius 1 is 1.42 bits per heavy atom. The molecular formula is C15H22N2O2. The molecule has 0 aromatic heterocycles. The largest absolute Gasteiger partial charge is 0.398 e. The molecule has 0 spiro atoms. The minimum atomic E-state index is -0.0525. The molecule has 2 rings (SSSR count). The summed E-state index contributed by atoms with van der Waals surface area (Å²) >= 11 is 0. The number of nitrogen functional groups attached to an aromatic ring is 1. The van der Waals surface area contributed by atoms with Crippen molar-refractivity contribution in [1.29, 1.82) is 0 Å². The zero-order chi connectivity index (χ0) is 14.0. The minimum absolute atomic E-state index is 0.0525. The van der Waals surface area contributed by atoms with Crippen LogP contribution in [0.15, 0.2) is 12.1 Å². The first-order valence-electron chi connectivity index (χ1n) is 6.75. The number of carbonyl (C=O) groups is 1. The van der Waals surface area contributed by atoms with E-state index in [0.29, 0.717) is 23.7 Å². The Kier molecular flexibility index (Phi) is 4.10. The number of carbonyl (C=O) groups excluding carboxylic acids is 1. The Balaban J connectivity index is 2.02. The van der Waals surface area contributed by atoms with E-state index in [2.05, 4.69) is 12.2 Å². The van der Waals surface area contributed by atoms with Gasteiger partial charge in [-0.25, -0.2) is 0 Å². The monoisotopic (exact) mass is 262 g/mol. The van der Waals surface area contributed by atoms with Gasteiger partial charge in [0.1, 0.15) is 0 Å². The fourth-order valence-corrected chi connectivity index (χ4v) is 2.48. The van der Waals surface area contributed by atoms with Gasteiger partial charge in [0.25, 0.3) is 5.91 Å². The van der Waals surface area contributed by atoms with E-state index >= 15 is 0 Å². The highest BCUT2D eigenvalue weighted by Crippen LogP contribution is 2.20. The first kappa shape index (κ1) is 13.9. The van der Waals surface area contributed by atoms with Crippen LogP contribution in [0.5, 0.6) is 0 Å². The van der Waals surface area contributed by atoms with E-state index in [9.17, 15) is 4.79 Å². The quantitative estimate of drug-likeness (QED) is 0.819. The van der Waals surface area contributed by atoms with E-state index in [1.165, 1.54) is 0 Å². The van der Waals surface area contributed by atoms with Crippen molar-refractivity contribution in [1.82, 2.24) is 5.32 Å². The number of nitrogens with two attached hydrogens (primary N) is 1. The molecule has 1 fully saturated rings. The third-order valence-electron chi connectivity index (χ3n) is 3.92. The smallest absolute Gasteiger partial charge is 0.251 e. The summed E-state index contributed by atoms with van der Waals surface area (Å²) in [7, 11) is 0. The maximum atomic E-state index is 12.2. The summed E-state index contributed by atoms with van der Waals surface area (Å²) in [6.45, 7) is 7.38. The van der Waals surface area contributed by atoms with Crippen molar-refractivity contribution in [2.75, 3.05) is 18.9 Å². The fraction of sp³-hybridized carbons (Fsp3) is 0.533. The lowest BCUT2D eigenvalue weighted by Gasteiger charge is -2.16. The van der Waals surface area contributed by atoms with Gasteiger partial charge in [-0.2, -0.15) is 0 Å². The number of benzene rings is 1. The normalized spacial score (nSPS) is 22.5. The number of amides is 1. The summed E-state index contributed by atoms with van der Waals surface area (Å²) in [5, 5.41) is 2.98. The van der Waals surface area contributed by atoms with E-state index < -0.39 is 0 Å². The molecule has 4 nitrogen and oxygen atoms in total. The molecule has 1 aromatic carbocycles. The van der Waals surface area contributed by atoms with Crippen LogP contribution in [-0.2, 0) is 4.74 Å². The molecule has 0 saturated carbocycles. The molecular weight excluding hydrogens is 240 g/mol. The molecule has 1 aliphatic heterocycles. The Labute approximate surface area is 114 Å². The minimum Gasteiger partial charge on any atom is -0.398 e. The van der Waals surface area contributed by atoms with Gasteiger partial charge >= 0.3 is 0 Å². The van der Waals surface area contributed by atoms with Crippen LogP contribution in [0, 0.1) is 19.8 Å².